The highest BCUT2D eigenvalue weighted by atomic mass is 32.2. The highest BCUT2D eigenvalue weighted by molar-refractivity contribution is 7.90. The number of amides is 2. The number of hydrogen-bond acceptors (Lipinski definition) is 8. The van der Waals surface area contributed by atoms with Gasteiger partial charge < -0.3 is 10.1 Å². The largest absolute Gasteiger partial charge is 0.449 e. The van der Waals surface area contributed by atoms with E-state index >= 15 is 0 Å². The average Bonchev–Trinajstić information content (AvgIpc) is 2.76. The maximum absolute atomic E-state index is 12.7. The molecule has 2 aromatic carbocycles. The van der Waals surface area contributed by atoms with Crippen molar-refractivity contribution in [2.45, 2.75) is 31.3 Å². The number of benzene rings is 2. The van der Waals surface area contributed by atoms with Crippen molar-refractivity contribution in [3.05, 3.63) is 60.4 Å². The number of carbonyl (C=O) groups excluding carboxylic acids is 3. The molecule has 0 saturated carbocycles. The normalized spacial score (nSPS) is 12.1. The second-order valence-corrected chi connectivity index (χ2v) is 8.39. The lowest BCUT2D eigenvalue weighted by Crippen LogP contribution is -2.32. The monoisotopic (exact) mass is 456 g/mol. The predicted octanol–water partition coefficient (Wildman–Crippen LogP) is 2.03. The summed E-state index contributed by atoms with van der Waals surface area (Å²) in [6.07, 6.45) is 2.09. The number of aromatic nitrogens is 2. The fraction of sp³-hybridized carbons (Fsp3) is 0.190. The fourth-order valence-electron chi connectivity index (χ4n) is 2.86. The van der Waals surface area contributed by atoms with Crippen LogP contribution in [0.15, 0.2) is 59.8 Å². The van der Waals surface area contributed by atoms with Crippen molar-refractivity contribution in [2.75, 3.05) is 5.32 Å². The number of nitrogens with one attached hydrogen (secondary N) is 2. The molecule has 0 radical (unpaired) electrons. The summed E-state index contributed by atoms with van der Waals surface area (Å²) in [5.41, 5.74) is 1.37. The molecule has 0 aliphatic heterocycles. The number of para-hydroxylation sites is 1. The molecular formula is C21H20N4O6S. The molecule has 166 valence electrons. The Bertz CT molecular complexity index is 1270. The van der Waals surface area contributed by atoms with E-state index in [1.807, 2.05) is 4.72 Å². The number of hydrogen-bond donors (Lipinski definition) is 2. The minimum atomic E-state index is -3.98. The lowest BCUT2D eigenvalue weighted by molar-refractivity contribution is -0.124. The molecule has 0 saturated heterocycles. The Morgan fingerprint density at radius 3 is 2.38 bits per heavy atom. The summed E-state index contributed by atoms with van der Waals surface area (Å²) in [4.78, 5) is 44.4. The first kappa shape index (κ1) is 22.8. The molecule has 1 heterocycles. The van der Waals surface area contributed by atoms with E-state index in [0.29, 0.717) is 16.7 Å². The van der Waals surface area contributed by atoms with Crippen LogP contribution in [0.25, 0.3) is 11.0 Å². The third-order valence-corrected chi connectivity index (χ3v) is 5.79. The second-order valence-electron chi connectivity index (χ2n) is 6.71. The van der Waals surface area contributed by atoms with Crippen LogP contribution in [0.4, 0.5) is 5.69 Å². The fourth-order valence-corrected chi connectivity index (χ4v) is 3.85. The van der Waals surface area contributed by atoms with E-state index in [-0.39, 0.29) is 16.9 Å². The first-order valence-corrected chi connectivity index (χ1v) is 11.0. The summed E-state index contributed by atoms with van der Waals surface area (Å²) in [6.45, 7) is 2.77. The zero-order valence-electron chi connectivity index (χ0n) is 17.2. The Kier molecular flexibility index (Phi) is 6.79. The van der Waals surface area contributed by atoms with Crippen molar-refractivity contribution in [3.8, 4) is 0 Å². The summed E-state index contributed by atoms with van der Waals surface area (Å²) in [7, 11) is -3.98. The number of esters is 1. The molecule has 0 bridgehead atoms. The minimum absolute atomic E-state index is 0.138. The molecule has 0 aliphatic carbocycles. The van der Waals surface area contributed by atoms with E-state index in [4.69, 9.17) is 4.74 Å². The van der Waals surface area contributed by atoms with E-state index < -0.39 is 33.9 Å². The number of fused-ring (bicyclic) bond motifs is 1. The average molecular weight is 456 g/mol. The van der Waals surface area contributed by atoms with Crippen molar-refractivity contribution in [1.29, 1.82) is 0 Å². The number of ether oxygens (including phenoxy) is 1. The van der Waals surface area contributed by atoms with Gasteiger partial charge in [0.2, 0.25) is 5.91 Å². The first-order chi connectivity index (χ1) is 15.2. The van der Waals surface area contributed by atoms with E-state index in [1.54, 1.807) is 19.1 Å². The Labute approximate surface area is 184 Å². The Hall–Kier alpha value is -3.86. The van der Waals surface area contributed by atoms with Crippen LogP contribution in [0.5, 0.6) is 0 Å². The van der Waals surface area contributed by atoms with Crippen molar-refractivity contribution < 1.29 is 27.5 Å². The molecule has 1 unspecified atom stereocenters. The first-order valence-electron chi connectivity index (χ1n) is 9.56. The number of anilines is 1. The van der Waals surface area contributed by atoms with Gasteiger partial charge in [-0.15, -0.1) is 0 Å². The van der Waals surface area contributed by atoms with Gasteiger partial charge in [-0.1, -0.05) is 13.0 Å². The van der Waals surface area contributed by atoms with Gasteiger partial charge in [0.05, 0.1) is 16.0 Å². The van der Waals surface area contributed by atoms with Gasteiger partial charge in [-0.2, -0.15) is 0 Å². The summed E-state index contributed by atoms with van der Waals surface area (Å²) < 4.78 is 31.2. The van der Waals surface area contributed by atoms with Crippen LogP contribution in [0.2, 0.25) is 0 Å². The van der Waals surface area contributed by atoms with Crippen LogP contribution in [-0.4, -0.2) is 42.3 Å². The highest BCUT2D eigenvalue weighted by Gasteiger charge is 2.24. The molecule has 32 heavy (non-hydrogen) atoms. The van der Waals surface area contributed by atoms with Crippen LogP contribution >= 0.6 is 0 Å². The number of carbonyl (C=O) groups is 3. The molecule has 1 atom stereocenters. The topological polar surface area (TPSA) is 144 Å². The van der Waals surface area contributed by atoms with Crippen LogP contribution in [0.1, 0.15) is 30.6 Å². The van der Waals surface area contributed by atoms with Crippen LogP contribution in [0.3, 0.4) is 0 Å². The van der Waals surface area contributed by atoms with E-state index in [9.17, 15) is 22.8 Å². The van der Waals surface area contributed by atoms with E-state index in [1.165, 1.54) is 42.7 Å². The van der Waals surface area contributed by atoms with Crippen molar-refractivity contribution in [2.24, 2.45) is 0 Å². The molecule has 0 aliphatic rings. The molecule has 0 spiro atoms. The number of rotatable bonds is 7. The molecular weight excluding hydrogens is 436 g/mol. The van der Waals surface area contributed by atoms with Gasteiger partial charge in [0.25, 0.3) is 15.9 Å². The second kappa shape index (κ2) is 9.52. The van der Waals surface area contributed by atoms with Gasteiger partial charge in [0.15, 0.2) is 6.10 Å². The summed E-state index contributed by atoms with van der Waals surface area (Å²) >= 11 is 0. The Morgan fingerprint density at radius 1 is 1.03 bits per heavy atom. The molecule has 2 N–H and O–H groups in total. The van der Waals surface area contributed by atoms with Crippen molar-refractivity contribution in [3.63, 3.8) is 0 Å². The van der Waals surface area contributed by atoms with E-state index in [2.05, 4.69) is 15.3 Å². The number of sulfonamides is 1. The van der Waals surface area contributed by atoms with Gasteiger partial charge in [0.1, 0.15) is 5.52 Å². The zero-order chi connectivity index (χ0) is 23.3. The smallest absolute Gasteiger partial charge is 0.341 e. The number of nitrogens with zero attached hydrogens (tertiary/aromatic N) is 2. The standard InChI is InChI=1S/C21H20N4O6S/c1-3-18(31-21(28)16-5-4-6-17-19(16)23-12-11-22-17)20(27)24-14-7-9-15(10-8-14)32(29,30)25-13(2)26/h4-12,18H,3H2,1-2H3,(H,24,27)(H,25,26). The molecule has 1 aromatic heterocycles. The minimum Gasteiger partial charge on any atom is -0.449 e. The van der Waals surface area contributed by atoms with Gasteiger partial charge in [-0.3, -0.25) is 19.6 Å². The Balaban J connectivity index is 1.71. The maximum atomic E-state index is 12.7. The predicted molar refractivity (Wildman–Crippen MR) is 115 cm³/mol. The molecule has 11 heteroatoms. The van der Waals surface area contributed by atoms with Crippen molar-refractivity contribution in [1.82, 2.24) is 14.7 Å². The van der Waals surface area contributed by atoms with Crippen LogP contribution < -0.4 is 10.0 Å². The summed E-state index contributed by atoms with van der Waals surface area (Å²) in [5, 5.41) is 2.58. The molecule has 3 rings (SSSR count). The van der Waals surface area contributed by atoms with Gasteiger partial charge >= 0.3 is 5.97 Å². The summed E-state index contributed by atoms with van der Waals surface area (Å²) in [6, 6.07) is 10.1. The third-order valence-electron chi connectivity index (χ3n) is 4.34. The lowest BCUT2D eigenvalue weighted by atomic mass is 10.1. The molecule has 10 nitrogen and oxygen atoms in total. The SMILES string of the molecule is CCC(OC(=O)c1cccc2nccnc12)C(=O)Nc1ccc(S(=O)(=O)NC(C)=O)cc1. The Morgan fingerprint density at radius 2 is 1.72 bits per heavy atom. The highest BCUT2D eigenvalue weighted by Crippen LogP contribution is 2.18. The third kappa shape index (κ3) is 5.24. The van der Waals surface area contributed by atoms with Crippen LogP contribution in [-0.2, 0) is 24.3 Å². The summed E-state index contributed by atoms with van der Waals surface area (Å²) in [5.74, 6) is -2.01. The lowest BCUT2D eigenvalue weighted by Gasteiger charge is -2.16. The van der Waals surface area contributed by atoms with Gasteiger partial charge in [-0.25, -0.2) is 17.9 Å². The molecule has 0 fully saturated rings. The zero-order valence-corrected chi connectivity index (χ0v) is 18.0. The molecule has 3 aromatic rings. The van der Waals surface area contributed by atoms with Crippen molar-refractivity contribution >= 4 is 44.5 Å². The quantitative estimate of drug-likeness (QED) is 0.514. The van der Waals surface area contributed by atoms with Crippen LogP contribution in [0, 0.1) is 0 Å². The van der Waals surface area contributed by atoms with Gasteiger partial charge in [0, 0.05) is 25.0 Å². The molecule has 2 amide bonds. The van der Waals surface area contributed by atoms with E-state index in [0.717, 1.165) is 6.92 Å². The van der Waals surface area contributed by atoms with Gasteiger partial charge in [-0.05, 0) is 42.8 Å². The maximum Gasteiger partial charge on any atom is 0.341 e.